The summed E-state index contributed by atoms with van der Waals surface area (Å²) in [5, 5.41) is 9.17. The van der Waals surface area contributed by atoms with Crippen LogP contribution in [0.2, 0.25) is 5.15 Å². The Balaban J connectivity index is 1.26. The van der Waals surface area contributed by atoms with E-state index in [9.17, 15) is 14.4 Å². The van der Waals surface area contributed by atoms with Gasteiger partial charge in [0.1, 0.15) is 11.2 Å². The van der Waals surface area contributed by atoms with Gasteiger partial charge in [0, 0.05) is 38.6 Å². The van der Waals surface area contributed by atoms with E-state index in [2.05, 4.69) is 35.9 Å². The number of nitrogens with zero attached hydrogens (tertiary/aromatic N) is 6. The van der Waals surface area contributed by atoms with Crippen molar-refractivity contribution in [2.45, 2.75) is 38.8 Å². The van der Waals surface area contributed by atoms with Crippen LogP contribution >= 0.6 is 11.6 Å². The van der Waals surface area contributed by atoms with Gasteiger partial charge in [0.2, 0.25) is 5.43 Å². The van der Waals surface area contributed by atoms with Crippen LogP contribution in [0.4, 0.5) is 11.6 Å². The van der Waals surface area contributed by atoms with Crippen molar-refractivity contribution in [3.05, 3.63) is 50.7 Å². The molecule has 39 heavy (non-hydrogen) atoms. The quantitative estimate of drug-likeness (QED) is 0.370. The maximum atomic E-state index is 13.4. The molecule has 5 rings (SSSR count). The van der Waals surface area contributed by atoms with E-state index >= 15 is 0 Å². The smallest absolute Gasteiger partial charge is 0.280 e. The average Bonchev–Trinajstić information content (AvgIpc) is 3.31. The molecule has 2 aliphatic rings. The highest BCUT2D eigenvalue weighted by Gasteiger charge is 2.40. The molecule has 0 unspecified atom stereocenters. The third kappa shape index (κ3) is 4.85. The Hall–Kier alpha value is -4.26. The molecule has 5 heterocycles. The van der Waals surface area contributed by atoms with Gasteiger partial charge in [-0.1, -0.05) is 11.6 Å². The van der Waals surface area contributed by atoms with Crippen molar-refractivity contribution in [3.63, 3.8) is 0 Å². The van der Waals surface area contributed by atoms with Crippen LogP contribution in [-0.4, -0.2) is 74.4 Å². The number of nitrogens with one attached hydrogen (secondary N) is 3. The molecule has 1 saturated heterocycles. The van der Waals surface area contributed by atoms with Crippen molar-refractivity contribution in [2.24, 2.45) is 4.99 Å². The van der Waals surface area contributed by atoms with Crippen LogP contribution in [0.15, 0.2) is 28.1 Å². The molecule has 13 nitrogen and oxygen atoms in total. The number of pyridine rings is 2. The van der Waals surface area contributed by atoms with Crippen molar-refractivity contribution in [3.8, 4) is 0 Å². The minimum absolute atomic E-state index is 0.0122. The topological polar surface area (TPSA) is 173 Å². The Kier molecular flexibility index (Phi) is 6.85. The van der Waals surface area contributed by atoms with Crippen molar-refractivity contribution < 1.29 is 9.59 Å². The summed E-state index contributed by atoms with van der Waals surface area (Å²) in [6.07, 6.45) is 2.79. The van der Waals surface area contributed by atoms with Gasteiger partial charge in [-0.05, 0) is 38.8 Å². The summed E-state index contributed by atoms with van der Waals surface area (Å²) in [6.45, 7) is 5.69. The highest BCUT2D eigenvalue weighted by Crippen LogP contribution is 2.27. The van der Waals surface area contributed by atoms with E-state index < -0.39 is 11.4 Å². The van der Waals surface area contributed by atoms with E-state index in [-0.39, 0.29) is 39.4 Å². The minimum Gasteiger partial charge on any atom is -0.381 e. The van der Waals surface area contributed by atoms with Crippen molar-refractivity contribution >= 4 is 52.0 Å². The first-order chi connectivity index (χ1) is 18.6. The summed E-state index contributed by atoms with van der Waals surface area (Å²) in [4.78, 5) is 58.2. The second-order valence-corrected chi connectivity index (χ2v) is 10.0. The van der Waals surface area contributed by atoms with E-state index in [1.807, 2.05) is 18.4 Å². The highest BCUT2D eigenvalue weighted by atomic mass is 35.5. The Morgan fingerprint density at radius 1 is 1.21 bits per heavy atom. The predicted octanol–water partition coefficient (Wildman–Crippen LogP) is 1.16. The molecule has 3 aromatic rings. The second kappa shape index (κ2) is 10.1. The molecule has 0 aromatic carbocycles. The maximum absolute atomic E-state index is 13.4. The summed E-state index contributed by atoms with van der Waals surface area (Å²) in [5.74, 6) is -0.336. The maximum Gasteiger partial charge on any atom is 0.280 e. The number of fused-ring (bicyclic) bond motifs is 1. The molecule has 1 spiro atoms. The number of rotatable bonds is 4. The fourth-order valence-corrected chi connectivity index (χ4v) is 5.03. The normalized spacial score (nSPS) is 16.2. The highest BCUT2D eigenvalue weighted by molar-refractivity contribution is 6.31. The fourth-order valence-electron chi connectivity index (χ4n) is 4.90. The lowest BCUT2D eigenvalue weighted by Gasteiger charge is -2.39. The van der Waals surface area contributed by atoms with Gasteiger partial charge in [0.15, 0.2) is 28.4 Å². The number of carbonyl (C=O) groups is 2. The molecular weight excluding hydrogens is 524 g/mol. The summed E-state index contributed by atoms with van der Waals surface area (Å²) in [5.41, 5.74) is 6.46. The number of piperidine rings is 1. The number of hydrogen-bond donors (Lipinski definition) is 4. The van der Waals surface area contributed by atoms with Gasteiger partial charge in [-0.15, -0.1) is 0 Å². The van der Waals surface area contributed by atoms with Crippen molar-refractivity contribution in [2.75, 3.05) is 37.7 Å². The minimum atomic E-state index is -0.544. The lowest BCUT2D eigenvalue weighted by atomic mass is 9.88. The second-order valence-electron chi connectivity index (χ2n) is 9.65. The number of hydrogen-bond acceptors (Lipinski definition) is 10. The van der Waals surface area contributed by atoms with Gasteiger partial charge in [-0.2, -0.15) is 0 Å². The zero-order valence-electron chi connectivity index (χ0n) is 21.8. The van der Waals surface area contributed by atoms with E-state index in [4.69, 9.17) is 17.3 Å². The molecule has 14 heteroatoms. The van der Waals surface area contributed by atoms with E-state index in [0.29, 0.717) is 56.0 Å². The number of amides is 2. The molecule has 2 aliphatic heterocycles. The SMILES string of the molecule is CCn1cc(C(=O)N2CCC3(CC2)CN=C(NC(=O)c2nc(Cl)c(N)nc2NC)N3)c(=O)c2ccc(C)nc21. The molecule has 0 bridgehead atoms. The van der Waals surface area contributed by atoms with E-state index in [1.54, 1.807) is 30.3 Å². The van der Waals surface area contributed by atoms with E-state index in [1.165, 1.54) is 0 Å². The van der Waals surface area contributed by atoms with Crippen LogP contribution in [0.5, 0.6) is 0 Å². The largest absolute Gasteiger partial charge is 0.381 e. The first-order valence-electron chi connectivity index (χ1n) is 12.6. The molecule has 0 radical (unpaired) electrons. The zero-order valence-corrected chi connectivity index (χ0v) is 22.6. The Labute approximate surface area is 228 Å². The van der Waals surface area contributed by atoms with Crippen LogP contribution in [0.1, 0.15) is 46.3 Å². The lowest BCUT2D eigenvalue weighted by Crippen LogP contribution is -2.57. The summed E-state index contributed by atoms with van der Waals surface area (Å²) >= 11 is 5.96. The van der Waals surface area contributed by atoms with Crippen LogP contribution in [0, 0.1) is 6.92 Å². The van der Waals surface area contributed by atoms with Crippen LogP contribution in [0.25, 0.3) is 11.0 Å². The summed E-state index contributed by atoms with van der Waals surface area (Å²) in [6, 6.07) is 3.51. The molecule has 204 valence electrons. The molecule has 1 fully saturated rings. The molecule has 5 N–H and O–H groups in total. The van der Waals surface area contributed by atoms with E-state index in [0.717, 1.165) is 5.69 Å². The number of anilines is 2. The van der Waals surface area contributed by atoms with Crippen LogP contribution in [-0.2, 0) is 6.54 Å². The first kappa shape index (κ1) is 26.4. The number of likely N-dealkylation sites (tertiary alicyclic amines) is 1. The third-order valence-corrected chi connectivity index (χ3v) is 7.40. The Morgan fingerprint density at radius 3 is 2.64 bits per heavy atom. The third-order valence-electron chi connectivity index (χ3n) is 7.12. The number of aryl methyl sites for hydroxylation is 2. The number of nitrogens with two attached hydrogens (primary N) is 1. The number of aromatic nitrogens is 4. The van der Waals surface area contributed by atoms with Gasteiger partial charge in [-0.25, -0.2) is 15.0 Å². The Bertz CT molecular complexity index is 1580. The molecule has 0 atom stereocenters. The average molecular weight is 553 g/mol. The lowest BCUT2D eigenvalue weighted by molar-refractivity contribution is 0.0666. The van der Waals surface area contributed by atoms with Gasteiger partial charge in [0.25, 0.3) is 11.8 Å². The van der Waals surface area contributed by atoms with Crippen molar-refractivity contribution in [1.29, 1.82) is 0 Å². The molecular formula is C25H29ClN10O3. The van der Waals surface area contributed by atoms with Gasteiger partial charge in [-0.3, -0.25) is 24.7 Å². The number of halogens is 1. The zero-order chi connectivity index (χ0) is 27.9. The van der Waals surface area contributed by atoms with Gasteiger partial charge >= 0.3 is 0 Å². The number of guanidine groups is 1. The number of nitrogen functional groups attached to an aromatic ring is 1. The van der Waals surface area contributed by atoms with Gasteiger partial charge in [0.05, 0.1) is 17.5 Å². The molecule has 0 aliphatic carbocycles. The molecule has 0 saturated carbocycles. The molecule has 3 aromatic heterocycles. The first-order valence-corrected chi connectivity index (χ1v) is 13.0. The summed E-state index contributed by atoms with van der Waals surface area (Å²) in [7, 11) is 1.59. The standard InChI is InChI=1S/C25H29ClN10O3/c1-4-35-11-15(17(37)14-6-5-13(2)30-21(14)35)23(39)36-9-7-25(8-10-36)12-29-24(34-25)33-22(38)16-20(28-3)32-19(27)18(26)31-16/h5-6,11H,4,7-10,12H2,1-3H3,(H3,27,28,32)(H2,29,33,34,38). The molecule has 2 amide bonds. The monoisotopic (exact) mass is 552 g/mol. The van der Waals surface area contributed by atoms with Crippen LogP contribution in [0.3, 0.4) is 0 Å². The predicted molar refractivity (Wildman–Crippen MR) is 148 cm³/mol. The number of aliphatic imine (C=N–C) groups is 1. The van der Waals surface area contributed by atoms with Crippen molar-refractivity contribution in [1.82, 2.24) is 35.1 Å². The van der Waals surface area contributed by atoms with Crippen LogP contribution < -0.4 is 27.1 Å². The summed E-state index contributed by atoms with van der Waals surface area (Å²) < 4.78 is 1.84. The Morgan fingerprint density at radius 2 is 1.95 bits per heavy atom. The fraction of sp³-hybridized carbons (Fsp3) is 0.400. The number of carbonyl (C=O) groups excluding carboxylic acids is 2. The van der Waals surface area contributed by atoms with Gasteiger partial charge < -0.3 is 25.8 Å².